The summed E-state index contributed by atoms with van der Waals surface area (Å²) in [6, 6.07) is 66.8. The first-order valence-corrected chi connectivity index (χ1v) is 42.8. The number of piperazine rings is 2. The van der Waals surface area contributed by atoms with Crippen molar-refractivity contribution < 1.29 is 34.1 Å². The summed E-state index contributed by atoms with van der Waals surface area (Å²) >= 11 is 9.15. The number of halogens is 3. The molecule has 2 atom stereocenters. The number of nitrogen functional groups attached to an aromatic ring is 1. The summed E-state index contributed by atoms with van der Waals surface area (Å²) in [5.74, 6) is 0.534. The average Bonchev–Trinajstić information content (AvgIpc) is 0.779. The summed E-state index contributed by atoms with van der Waals surface area (Å²) in [5, 5.41) is 29.7. The van der Waals surface area contributed by atoms with E-state index in [2.05, 4.69) is 121 Å². The number of nitrogens with zero attached hydrogens (tertiary/aromatic N) is 10. The topological polar surface area (TPSA) is 307 Å². The summed E-state index contributed by atoms with van der Waals surface area (Å²) in [5.41, 5.74) is 12.0. The lowest BCUT2D eigenvalue weighted by Gasteiger charge is -2.38. The van der Waals surface area contributed by atoms with E-state index in [1.807, 2.05) is 182 Å². The number of likely N-dealkylation sites (N-methyl/N-ethyl adjacent to an activating group) is 2. The van der Waals surface area contributed by atoms with Gasteiger partial charge in [-0.25, -0.2) is 29.5 Å². The number of carboxylic acids is 3. The minimum Gasteiger partial charge on any atom is -0.481 e. The number of nitrogens with one attached hydrogen (secondary N) is 1. The van der Waals surface area contributed by atoms with Gasteiger partial charge in [-0.1, -0.05) is 239 Å². The second-order valence-corrected chi connectivity index (χ2v) is 27.9. The van der Waals surface area contributed by atoms with Crippen molar-refractivity contribution >= 4 is 111 Å². The van der Waals surface area contributed by atoms with Crippen LogP contribution < -0.4 is 33.4 Å². The molecule has 2 aliphatic heterocycles. The van der Waals surface area contributed by atoms with Crippen molar-refractivity contribution in [1.82, 2.24) is 53.7 Å². The summed E-state index contributed by atoms with van der Waals surface area (Å²) in [6.07, 6.45) is 6.25. The standard InChI is InChI=1S/C23H28N4O.C18H17BrN2O.C18H18N2O.C11H11NO2.C7H7NO2.C5H12N2.C4H8O2.C2H4O2.5CH4.Br2/c1-3-21(26-15-13-25(2)14-16-26)22-24-20-12-8-7-11-19(20)23(28)27(22)17-18-9-5-4-6-10-18;1-2-15(19)17-20-16-11-7-6-10-14(16)18(22)21(17)12-13-8-4-3-5-9-13;1-2-8-17-19-16-12-7-6-11-15(16)18(21)20(17)13-14-9-4-3-5-10-14;1-2-5-10-12-9-7-4-3-6-8(9)11(13)14-10;8-6-4-2-1-3-5(6)7(9)10;1-7-4-2-6-3-5-7;1-2-3-4(5)6;1-2(3)4;;;;;;1-2/h4-12,21H,3,13-17H2,1-2H3;3-11,15H,2,12H2,1H3;3-7,9-12H,2,8,13H2,1H3;3-4,6-7H,2,5H2,1H3;1-4H,8H2,(H,9,10);6H,2-5H2,1H3;2-3H2,1H3,(H,5,6);1H3,(H,3,4);5*1H4;. The number of aliphatic carboxylic acids is 2. The molecule has 0 amide bonds. The average molecular weight is 1830 g/mol. The van der Waals surface area contributed by atoms with Crippen LogP contribution in [0.5, 0.6) is 0 Å². The Morgan fingerprint density at radius 3 is 1.21 bits per heavy atom. The maximum atomic E-state index is 13.4. The molecule has 2 aliphatic rings. The highest BCUT2D eigenvalue weighted by atomic mass is 80.9. The van der Waals surface area contributed by atoms with E-state index in [0.29, 0.717) is 71.1 Å². The van der Waals surface area contributed by atoms with Crippen molar-refractivity contribution in [3.05, 3.63) is 299 Å². The van der Waals surface area contributed by atoms with Gasteiger partial charge in [-0.2, -0.15) is 0 Å². The second kappa shape index (κ2) is 57.9. The monoisotopic (exact) mass is 1820 g/mol. The minimum absolute atomic E-state index is 0. The molecule has 6 heterocycles. The molecular formula is C93H125Br3N12O11. The van der Waals surface area contributed by atoms with Crippen LogP contribution in [0.2, 0.25) is 0 Å². The molecule has 14 rings (SSSR count). The molecule has 12 aromatic rings. The summed E-state index contributed by atoms with van der Waals surface area (Å²) in [4.78, 5) is 105. The third-order valence-corrected chi connectivity index (χ3v) is 19.1. The van der Waals surface area contributed by atoms with Crippen LogP contribution in [0.15, 0.2) is 236 Å². The molecule has 26 heteroatoms. The number of para-hydroxylation sites is 5. The first-order valence-electron chi connectivity index (χ1n) is 38.2. The van der Waals surface area contributed by atoms with E-state index in [1.54, 1.807) is 39.5 Å². The van der Waals surface area contributed by atoms with Gasteiger partial charge in [0.2, 0.25) is 0 Å². The SMILES string of the molecule is BrBr.C.C.C.C.C.CC(=O)O.CCC(Br)c1nc2ccccc2c(=O)n1Cc1ccccc1.CCC(c1nc2ccccc2c(=O)n1Cc1ccccc1)N1CCN(C)CC1.CCCC(=O)O.CCCc1nc2ccccc2c(=O)n1Cc1ccccc1.CCCc1nc2ccccc2c(=O)o1.CN1CCNCC1.Nc1ccccc1C(=O)O. The number of rotatable bonds is 18. The molecule has 0 saturated carbocycles. The Kier molecular flexibility index (Phi) is 51.9. The zero-order valence-electron chi connectivity index (χ0n) is 66.1. The lowest BCUT2D eigenvalue weighted by molar-refractivity contribution is -0.137. The molecule has 0 bridgehead atoms. The molecule has 119 heavy (non-hydrogen) atoms. The molecule has 2 saturated heterocycles. The predicted octanol–water partition coefficient (Wildman–Crippen LogP) is 19.3. The number of aryl methyl sites for hydroxylation is 2. The molecule has 4 aromatic heterocycles. The number of carbonyl (C=O) groups is 3. The molecule has 0 spiro atoms. The van der Waals surface area contributed by atoms with Gasteiger partial charge in [0.15, 0.2) is 5.89 Å². The van der Waals surface area contributed by atoms with E-state index in [0.717, 1.165) is 135 Å². The van der Waals surface area contributed by atoms with E-state index in [1.165, 1.54) is 19.2 Å². The normalized spacial score (nSPS) is 12.4. The van der Waals surface area contributed by atoms with Crippen LogP contribution in [0.1, 0.15) is 178 Å². The van der Waals surface area contributed by atoms with E-state index in [-0.39, 0.29) is 75.9 Å². The van der Waals surface area contributed by atoms with E-state index in [9.17, 15) is 28.8 Å². The third-order valence-electron chi connectivity index (χ3n) is 18.1. The van der Waals surface area contributed by atoms with Gasteiger partial charge in [0.05, 0.1) is 79.7 Å². The van der Waals surface area contributed by atoms with Crippen LogP contribution in [0, 0.1) is 0 Å². The lowest BCUT2D eigenvalue weighted by atomic mass is 10.1. The van der Waals surface area contributed by atoms with Crippen molar-refractivity contribution in [3.63, 3.8) is 0 Å². The number of carboxylic acid groups (broad SMARTS) is 3. The largest absolute Gasteiger partial charge is 0.481 e. The number of fused-ring (bicyclic) bond motifs is 4. The summed E-state index contributed by atoms with van der Waals surface area (Å²) < 4.78 is 10.5. The zero-order valence-corrected chi connectivity index (χ0v) is 70.8. The number of aromatic nitrogens is 7. The second-order valence-electron chi connectivity index (χ2n) is 26.8. The number of alkyl halides is 1. The molecule has 644 valence electrons. The van der Waals surface area contributed by atoms with Crippen LogP contribution in [0.3, 0.4) is 0 Å². The van der Waals surface area contributed by atoms with E-state index in [4.69, 9.17) is 40.2 Å². The number of anilines is 1. The molecule has 6 N–H and O–H groups in total. The number of hydrogen-bond acceptors (Lipinski definition) is 17. The van der Waals surface area contributed by atoms with Crippen molar-refractivity contribution in [1.29, 1.82) is 0 Å². The molecule has 0 aliphatic carbocycles. The highest BCUT2D eigenvalue weighted by Gasteiger charge is 2.28. The summed E-state index contributed by atoms with van der Waals surface area (Å²) in [6.45, 7) is 21.8. The van der Waals surface area contributed by atoms with Crippen molar-refractivity contribution in [3.8, 4) is 0 Å². The lowest BCUT2D eigenvalue weighted by Crippen LogP contribution is -2.47. The first kappa shape index (κ1) is 107. The molecular weight excluding hydrogens is 1700 g/mol. The highest BCUT2D eigenvalue weighted by Crippen LogP contribution is 2.28. The van der Waals surface area contributed by atoms with Gasteiger partial charge < -0.3 is 40.6 Å². The van der Waals surface area contributed by atoms with E-state index < -0.39 is 17.9 Å². The van der Waals surface area contributed by atoms with Gasteiger partial charge in [0, 0.05) is 112 Å². The van der Waals surface area contributed by atoms with Crippen molar-refractivity contribution in [2.24, 2.45) is 0 Å². The fourth-order valence-electron chi connectivity index (χ4n) is 12.2. The van der Waals surface area contributed by atoms with Gasteiger partial charge in [-0.15, -0.1) is 0 Å². The maximum Gasteiger partial charge on any atom is 0.346 e. The number of nitrogens with two attached hydrogens (primary N) is 1. The van der Waals surface area contributed by atoms with Gasteiger partial charge >= 0.3 is 17.6 Å². The van der Waals surface area contributed by atoms with Crippen LogP contribution in [0.25, 0.3) is 43.6 Å². The number of hydrogen-bond donors (Lipinski definition) is 5. The van der Waals surface area contributed by atoms with Crippen LogP contribution >= 0.6 is 44.2 Å². The Balaban J connectivity index is 0.000000713. The van der Waals surface area contributed by atoms with Crippen molar-refractivity contribution in [2.75, 3.05) is 72.2 Å². The number of benzene rings is 8. The van der Waals surface area contributed by atoms with Crippen LogP contribution in [0.4, 0.5) is 5.69 Å². The zero-order chi connectivity index (χ0) is 82.9. The fraction of sp³-hybridized carbons (Fsp3) is 0.366. The Morgan fingerprint density at radius 1 is 0.462 bits per heavy atom. The van der Waals surface area contributed by atoms with Gasteiger partial charge in [-0.3, -0.25) is 42.6 Å². The van der Waals surface area contributed by atoms with Crippen LogP contribution in [-0.2, 0) is 42.1 Å². The first-order chi connectivity index (χ1) is 55.1. The Labute approximate surface area is 726 Å². The highest BCUT2D eigenvalue weighted by molar-refractivity contribution is 9.93. The Morgan fingerprint density at radius 2 is 0.832 bits per heavy atom. The maximum absolute atomic E-state index is 13.4. The number of aromatic carboxylic acids is 1. The van der Waals surface area contributed by atoms with E-state index >= 15 is 0 Å². The quantitative estimate of drug-likeness (QED) is 0.0394. The smallest absolute Gasteiger partial charge is 0.346 e. The molecule has 8 aromatic carbocycles. The minimum atomic E-state index is -0.988. The van der Waals surface area contributed by atoms with Crippen molar-refractivity contribution in [2.45, 2.75) is 161 Å². The van der Waals surface area contributed by atoms with Gasteiger partial charge in [-0.05, 0) is 124 Å². The molecule has 0 radical (unpaired) electrons. The Bertz CT molecular complexity index is 5200. The third kappa shape index (κ3) is 34.2. The summed E-state index contributed by atoms with van der Waals surface area (Å²) in [7, 11) is 4.32. The molecule has 2 unspecified atom stereocenters. The fourth-order valence-corrected chi connectivity index (χ4v) is 12.6. The molecule has 2 fully saturated rings. The molecule has 23 nitrogen and oxygen atoms in total. The predicted molar refractivity (Wildman–Crippen MR) is 503 cm³/mol. The Hall–Kier alpha value is -10.2. The van der Waals surface area contributed by atoms with Gasteiger partial charge in [0.1, 0.15) is 17.5 Å². The van der Waals surface area contributed by atoms with Crippen LogP contribution in [-0.4, -0.2) is 148 Å². The van der Waals surface area contributed by atoms with Gasteiger partial charge in [0.25, 0.3) is 22.6 Å².